The van der Waals surface area contributed by atoms with Gasteiger partial charge in [0, 0.05) is 19.3 Å². The van der Waals surface area contributed by atoms with Crippen LogP contribution >= 0.6 is 15.6 Å². The van der Waals surface area contributed by atoms with Crippen LogP contribution in [0.4, 0.5) is 0 Å². The number of ether oxygens (including phenoxy) is 4. The largest absolute Gasteiger partial charge is 0.472 e. The van der Waals surface area contributed by atoms with E-state index in [9.17, 15) is 43.2 Å². The normalized spacial score (nSPS) is 14.8. The highest BCUT2D eigenvalue weighted by molar-refractivity contribution is 7.47. The summed E-state index contributed by atoms with van der Waals surface area (Å²) in [6, 6.07) is 0. The van der Waals surface area contributed by atoms with Gasteiger partial charge in [0.1, 0.15) is 19.3 Å². The zero-order valence-electron chi connectivity index (χ0n) is 61.8. The highest BCUT2D eigenvalue weighted by atomic mass is 31.2. The molecule has 0 rings (SSSR count). The smallest absolute Gasteiger partial charge is 0.462 e. The van der Waals surface area contributed by atoms with Crippen molar-refractivity contribution < 1.29 is 80.2 Å². The molecule has 0 saturated carbocycles. The second-order valence-corrected chi connectivity index (χ2v) is 27.4. The minimum Gasteiger partial charge on any atom is -0.462 e. The Morgan fingerprint density at radius 3 is 0.940 bits per heavy atom. The van der Waals surface area contributed by atoms with Gasteiger partial charge in [-0.15, -0.1) is 0 Å². The van der Waals surface area contributed by atoms with E-state index in [1.807, 2.05) is 12.2 Å². The molecule has 5 unspecified atom stereocenters. The van der Waals surface area contributed by atoms with Crippen molar-refractivity contribution in [1.29, 1.82) is 0 Å². The Kier molecular flexibility index (Phi) is 68.2. The summed E-state index contributed by atoms with van der Waals surface area (Å²) in [6.07, 6.45) is 82.8. The molecular formula is C81H132O17P2. The molecule has 0 heterocycles. The Morgan fingerprint density at radius 1 is 0.300 bits per heavy atom. The second-order valence-electron chi connectivity index (χ2n) is 24.5. The third kappa shape index (κ3) is 71.1. The number of carbonyl (C=O) groups excluding carboxylic acids is 4. The van der Waals surface area contributed by atoms with E-state index in [4.69, 9.17) is 37.0 Å². The Balaban J connectivity index is 5.45. The van der Waals surface area contributed by atoms with E-state index in [2.05, 4.69) is 161 Å². The predicted octanol–water partition coefficient (Wildman–Crippen LogP) is 21.7. The maximum absolute atomic E-state index is 13.1. The molecule has 0 fully saturated rings. The van der Waals surface area contributed by atoms with Gasteiger partial charge in [0.25, 0.3) is 0 Å². The summed E-state index contributed by atoms with van der Waals surface area (Å²) in [5.74, 6) is -2.40. The van der Waals surface area contributed by atoms with E-state index in [0.29, 0.717) is 25.7 Å². The molecule has 17 nitrogen and oxygen atoms in total. The molecule has 0 aromatic rings. The van der Waals surface area contributed by atoms with Gasteiger partial charge in [0.05, 0.1) is 32.8 Å². The highest BCUT2D eigenvalue weighted by Gasteiger charge is 2.30. The first-order valence-electron chi connectivity index (χ1n) is 37.7. The minimum atomic E-state index is -5.01. The van der Waals surface area contributed by atoms with Crippen LogP contribution in [0.15, 0.2) is 158 Å². The summed E-state index contributed by atoms with van der Waals surface area (Å²) in [5.41, 5.74) is 0. The number of allylic oxidation sites excluding steroid dienone is 25. The summed E-state index contributed by atoms with van der Waals surface area (Å²) >= 11 is 0. The van der Waals surface area contributed by atoms with Crippen LogP contribution in [0.25, 0.3) is 0 Å². The average Bonchev–Trinajstić information content (AvgIpc) is 0.985. The second kappa shape index (κ2) is 72.0. The summed E-state index contributed by atoms with van der Waals surface area (Å²) in [6.45, 7) is 4.37. The highest BCUT2D eigenvalue weighted by Crippen LogP contribution is 2.45. The van der Waals surface area contributed by atoms with Gasteiger partial charge in [-0.05, 0) is 148 Å². The number of esters is 4. The lowest BCUT2D eigenvalue weighted by atomic mass is 10.1. The summed E-state index contributed by atoms with van der Waals surface area (Å²) in [4.78, 5) is 72.7. The zero-order chi connectivity index (χ0) is 73.2. The van der Waals surface area contributed by atoms with Gasteiger partial charge in [-0.3, -0.25) is 37.3 Å². The van der Waals surface area contributed by atoms with Crippen molar-refractivity contribution in [2.24, 2.45) is 0 Å². The van der Waals surface area contributed by atoms with Gasteiger partial charge in [-0.1, -0.05) is 256 Å². The van der Waals surface area contributed by atoms with Crippen molar-refractivity contribution in [2.75, 3.05) is 39.6 Å². The maximum Gasteiger partial charge on any atom is 0.472 e. The van der Waals surface area contributed by atoms with Gasteiger partial charge in [0.15, 0.2) is 12.2 Å². The van der Waals surface area contributed by atoms with Crippen LogP contribution in [0, 0.1) is 0 Å². The maximum atomic E-state index is 13.1. The molecule has 0 aliphatic carbocycles. The lowest BCUT2D eigenvalue weighted by molar-refractivity contribution is -0.161. The van der Waals surface area contributed by atoms with Gasteiger partial charge in [-0.25, -0.2) is 9.13 Å². The fourth-order valence-corrected chi connectivity index (χ4v) is 10.9. The van der Waals surface area contributed by atoms with Crippen molar-refractivity contribution in [3.8, 4) is 0 Å². The van der Waals surface area contributed by atoms with E-state index in [-0.39, 0.29) is 25.7 Å². The van der Waals surface area contributed by atoms with E-state index in [0.717, 1.165) is 161 Å². The van der Waals surface area contributed by atoms with Crippen molar-refractivity contribution in [3.05, 3.63) is 158 Å². The Bertz CT molecular complexity index is 2520. The molecule has 0 aliphatic rings. The first-order chi connectivity index (χ1) is 48.7. The predicted molar refractivity (Wildman–Crippen MR) is 408 cm³/mol. The monoisotopic (exact) mass is 1440 g/mol. The number of phosphoric acid groups is 2. The number of rotatable bonds is 69. The number of hydrogen-bond acceptors (Lipinski definition) is 15. The van der Waals surface area contributed by atoms with Crippen LogP contribution in [0.1, 0.15) is 272 Å². The quantitative estimate of drug-likeness (QED) is 0.0169. The molecule has 3 N–H and O–H groups in total. The Morgan fingerprint density at radius 2 is 0.570 bits per heavy atom. The van der Waals surface area contributed by atoms with Crippen LogP contribution in [0.2, 0.25) is 0 Å². The van der Waals surface area contributed by atoms with Crippen LogP contribution in [-0.4, -0.2) is 96.7 Å². The molecule has 19 heteroatoms. The third-order valence-corrected chi connectivity index (χ3v) is 16.9. The van der Waals surface area contributed by atoms with Crippen LogP contribution in [0.3, 0.4) is 0 Å². The molecule has 0 saturated heterocycles. The topological polar surface area (TPSA) is 237 Å². The molecule has 0 bridgehead atoms. The summed E-state index contributed by atoms with van der Waals surface area (Å²) < 4.78 is 68.2. The number of carbonyl (C=O) groups is 4. The van der Waals surface area contributed by atoms with Crippen molar-refractivity contribution >= 4 is 39.5 Å². The minimum absolute atomic E-state index is 0.0740. The number of phosphoric ester groups is 2. The molecule has 0 spiro atoms. The molecule has 100 heavy (non-hydrogen) atoms. The molecular weight excluding hydrogens is 1310 g/mol. The number of unbranched alkanes of at least 4 members (excludes halogenated alkanes) is 18. The van der Waals surface area contributed by atoms with Crippen LogP contribution in [-0.2, 0) is 65.4 Å². The molecule has 0 aromatic heterocycles. The lowest BCUT2D eigenvalue weighted by Crippen LogP contribution is -2.30. The average molecular weight is 1440 g/mol. The lowest BCUT2D eigenvalue weighted by Gasteiger charge is -2.21. The van der Waals surface area contributed by atoms with Gasteiger partial charge in [-0.2, -0.15) is 0 Å². The third-order valence-electron chi connectivity index (χ3n) is 15.0. The molecule has 0 radical (unpaired) electrons. The van der Waals surface area contributed by atoms with Crippen molar-refractivity contribution in [1.82, 2.24) is 0 Å². The number of aliphatic hydroxyl groups excluding tert-OH is 1. The zero-order valence-corrected chi connectivity index (χ0v) is 63.6. The fraction of sp³-hybridized carbons (Fsp3) is 0.630. The van der Waals surface area contributed by atoms with Gasteiger partial charge >= 0.3 is 39.5 Å². The number of aliphatic hydroxyl groups is 1. The van der Waals surface area contributed by atoms with Gasteiger partial charge < -0.3 is 33.8 Å². The summed E-state index contributed by atoms with van der Waals surface area (Å²) in [5, 5.41) is 10.6. The molecule has 5 atom stereocenters. The molecule has 0 amide bonds. The van der Waals surface area contributed by atoms with E-state index < -0.39 is 97.5 Å². The number of hydrogen-bond donors (Lipinski definition) is 3. The van der Waals surface area contributed by atoms with Crippen molar-refractivity contribution in [3.63, 3.8) is 0 Å². The Labute approximate surface area is 604 Å². The van der Waals surface area contributed by atoms with Crippen LogP contribution < -0.4 is 0 Å². The van der Waals surface area contributed by atoms with E-state index in [1.165, 1.54) is 32.1 Å². The molecule has 568 valence electrons. The Hall–Kier alpha value is -5.32. The molecule has 0 aliphatic heterocycles. The van der Waals surface area contributed by atoms with E-state index >= 15 is 0 Å². The first-order valence-corrected chi connectivity index (χ1v) is 40.7. The standard InChI is InChI=1S/C81H132O17P2/c1-5-9-13-17-21-25-29-32-35-36-37-38-41-43-47-50-54-58-62-66-79(84)92-72-77(98-81(86)68-64-60-56-52-48-44-40-34-31-27-23-19-15-11-7-3)74-96-100(89,90)94-70-75(82)69-93-99(87,88)95-73-76(97-80(85)67-63-59-55-51-45-28-24-20-16-12-8-4)71-91-78(83)65-61-57-53-49-46-42-39-33-30-26-22-18-14-10-6-2/h9,11,13,15,20-27,32-35,37-40,43,47-48,52,60,64,75-77,82H,5-8,10,12,14,16-19,28-31,36,41-42,44-46,49-51,53-59,61-63,65-74H2,1-4H3,(H,87,88)(H,89,90)/b13-9-,15-11-,24-20-,25-21-,26-22-,27-23-,35-32-,38-37-,39-33-,40-34-,47-43-,52-48-,64-60-. The fourth-order valence-electron chi connectivity index (χ4n) is 9.27. The van der Waals surface area contributed by atoms with Gasteiger partial charge in [0.2, 0.25) is 0 Å². The van der Waals surface area contributed by atoms with Crippen molar-refractivity contribution in [2.45, 2.75) is 290 Å². The molecule has 0 aromatic carbocycles. The SMILES string of the molecule is CC/C=C\C/C=C\C/C=C\C/C=C\C/C=C\CCCCCC(=O)OCC(COP(=O)(O)OCC(O)COP(=O)(O)OCC(COC(=O)CCCCCCC/C=C\C/C=C\CCCCC)OC(=O)CCCCCCC/C=C\CCCC)OC(=O)C/C=C\C/C=C\C/C=C\C/C=C\C/C=C\CC. The summed E-state index contributed by atoms with van der Waals surface area (Å²) in [7, 11) is -10.0. The first kappa shape index (κ1) is 94.7. The van der Waals surface area contributed by atoms with Crippen LogP contribution in [0.5, 0.6) is 0 Å². The van der Waals surface area contributed by atoms with E-state index in [1.54, 1.807) is 12.2 Å².